The lowest BCUT2D eigenvalue weighted by Gasteiger charge is -2.12. The number of nitrogen functional groups attached to an aromatic ring is 1. The summed E-state index contributed by atoms with van der Waals surface area (Å²) in [5.74, 6) is -0.127. The highest BCUT2D eigenvalue weighted by Crippen LogP contribution is 2.34. The largest absolute Gasteiger partial charge is 0.375 e. The fourth-order valence-corrected chi connectivity index (χ4v) is 4.04. The molecular formula is C22H19N3OS. The van der Waals surface area contributed by atoms with Crippen LogP contribution in [0, 0.1) is 13.8 Å². The number of carbonyl (C=O) groups is 1. The molecule has 0 spiro atoms. The first-order chi connectivity index (χ1) is 13.0. The molecule has 4 nitrogen and oxygen atoms in total. The van der Waals surface area contributed by atoms with Crippen molar-refractivity contribution < 1.29 is 4.79 Å². The first-order valence-electron chi connectivity index (χ1n) is 8.66. The van der Waals surface area contributed by atoms with Crippen LogP contribution in [0.5, 0.6) is 0 Å². The zero-order chi connectivity index (χ0) is 19.0. The molecule has 27 heavy (non-hydrogen) atoms. The molecular weight excluding hydrogens is 354 g/mol. The molecule has 0 aliphatic rings. The van der Waals surface area contributed by atoms with E-state index in [-0.39, 0.29) is 5.91 Å². The summed E-state index contributed by atoms with van der Waals surface area (Å²) in [6, 6.07) is 19.7. The molecule has 5 heteroatoms. The molecule has 0 radical (unpaired) electrons. The van der Waals surface area contributed by atoms with Gasteiger partial charge in [-0.3, -0.25) is 4.79 Å². The van der Waals surface area contributed by atoms with Gasteiger partial charge in [0.15, 0.2) is 5.13 Å². The predicted octanol–water partition coefficient (Wildman–Crippen LogP) is 5.41. The Morgan fingerprint density at radius 1 is 1.00 bits per heavy atom. The van der Waals surface area contributed by atoms with Crippen molar-refractivity contribution in [3.05, 3.63) is 77.4 Å². The second-order valence-corrected chi connectivity index (χ2v) is 7.52. The Bertz CT molecular complexity index is 1130. The lowest BCUT2D eigenvalue weighted by atomic mass is 10.0. The topological polar surface area (TPSA) is 68.0 Å². The van der Waals surface area contributed by atoms with Crippen LogP contribution in [0.25, 0.3) is 21.3 Å². The maximum Gasteiger partial charge on any atom is 0.255 e. The van der Waals surface area contributed by atoms with Gasteiger partial charge in [-0.2, -0.15) is 0 Å². The van der Waals surface area contributed by atoms with Crippen molar-refractivity contribution in [1.82, 2.24) is 4.98 Å². The minimum absolute atomic E-state index is 0.127. The number of benzene rings is 3. The normalized spacial score (nSPS) is 10.9. The van der Waals surface area contributed by atoms with E-state index in [2.05, 4.69) is 22.4 Å². The van der Waals surface area contributed by atoms with Crippen LogP contribution < -0.4 is 11.1 Å². The Morgan fingerprint density at radius 3 is 2.37 bits per heavy atom. The highest BCUT2D eigenvalue weighted by Gasteiger charge is 2.15. The molecule has 0 bridgehead atoms. The highest BCUT2D eigenvalue weighted by atomic mass is 32.1. The molecule has 134 valence electrons. The van der Waals surface area contributed by atoms with E-state index in [9.17, 15) is 4.79 Å². The summed E-state index contributed by atoms with van der Waals surface area (Å²) in [5.41, 5.74) is 12.3. The van der Waals surface area contributed by atoms with E-state index in [1.165, 1.54) is 11.3 Å². The highest BCUT2D eigenvalue weighted by molar-refractivity contribution is 7.22. The van der Waals surface area contributed by atoms with Crippen molar-refractivity contribution in [3.8, 4) is 11.1 Å². The van der Waals surface area contributed by atoms with E-state index in [1.54, 1.807) is 0 Å². The summed E-state index contributed by atoms with van der Waals surface area (Å²) >= 11 is 1.44. The van der Waals surface area contributed by atoms with E-state index < -0.39 is 0 Å². The number of nitrogens with two attached hydrogens (primary N) is 1. The lowest BCUT2D eigenvalue weighted by Crippen LogP contribution is -2.13. The number of aromatic nitrogens is 1. The molecule has 0 saturated carbocycles. The van der Waals surface area contributed by atoms with Crippen molar-refractivity contribution in [2.24, 2.45) is 0 Å². The zero-order valence-corrected chi connectivity index (χ0v) is 15.9. The Kier molecular flexibility index (Phi) is 4.38. The second kappa shape index (κ2) is 6.85. The van der Waals surface area contributed by atoms with Crippen LogP contribution in [0.1, 0.15) is 21.5 Å². The number of nitrogens with one attached hydrogen (secondary N) is 1. The standard InChI is InChI=1S/C22H19N3OS/c1-13-12-18-20(27-22(23)24-18)14(2)19(13)25-21(26)17-10-8-16(9-11-17)15-6-4-3-5-7-15/h3-12H,1-2H3,(H2,23,24)(H,25,26). The number of rotatable bonds is 3. The molecule has 4 rings (SSSR count). The molecule has 3 N–H and O–H groups in total. The third kappa shape index (κ3) is 3.29. The molecule has 1 heterocycles. The molecule has 0 fully saturated rings. The number of carbonyl (C=O) groups excluding carboxylic acids is 1. The molecule has 0 aliphatic heterocycles. The van der Waals surface area contributed by atoms with E-state index in [0.717, 1.165) is 38.2 Å². The number of thiazole rings is 1. The number of anilines is 2. The van der Waals surface area contributed by atoms with Crippen LogP contribution in [-0.2, 0) is 0 Å². The van der Waals surface area contributed by atoms with Gasteiger partial charge in [0.25, 0.3) is 5.91 Å². The summed E-state index contributed by atoms with van der Waals surface area (Å²) in [5, 5.41) is 3.59. The Morgan fingerprint density at radius 2 is 1.67 bits per heavy atom. The minimum Gasteiger partial charge on any atom is -0.375 e. The van der Waals surface area contributed by atoms with Crippen molar-refractivity contribution in [3.63, 3.8) is 0 Å². The van der Waals surface area contributed by atoms with Crippen LogP contribution in [0.2, 0.25) is 0 Å². The Balaban J connectivity index is 1.62. The third-order valence-corrected chi connectivity index (χ3v) is 5.65. The zero-order valence-electron chi connectivity index (χ0n) is 15.1. The number of hydrogen-bond donors (Lipinski definition) is 2. The molecule has 4 aromatic rings. The molecule has 0 saturated heterocycles. The van der Waals surface area contributed by atoms with Gasteiger partial charge in [0.1, 0.15) is 0 Å². The molecule has 1 aromatic heterocycles. The predicted molar refractivity (Wildman–Crippen MR) is 113 cm³/mol. The van der Waals surface area contributed by atoms with Gasteiger partial charge in [0, 0.05) is 11.3 Å². The van der Waals surface area contributed by atoms with Crippen LogP contribution in [-0.4, -0.2) is 10.9 Å². The van der Waals surface area contributed by atoms with Gasteiger partial charge >= 0.3 is 0 Å². The molecule has 0 atom stereocenters. The monoisotopic (exact) mass is 373 g/mol. The van der Waals surface area contributed by atoms with Gasteiger partial charge in [-0.25, -0.2) is 4.98 Å². The van der Waals surface area contributed by atoms with Gasteiger partial charge in [-0.1, -0.05) is 53.8 Å². The average molecular weight is 373 g/mol. The number of hydrogen-bond acceptors (Lipinski definition) is 4. The maximum atomic E-state index is 12.8. The van der Waals surface area contributed by atoms with Gasteiger partial charge < -0.3 is 11.1 Å². The van der Waals surface area contributed by atoms with Crippen molar-refractivity contribution >= 4 is 38.3 Å². The van der Waals surface area contributed by atoms with Crippen LogP contribution in [0.3, 0.4) is 0 Å². The number of nitrogens with zero attached hydrogens (tertiary/aromatic N) is 1. The van der Waals surface area contributed by atoms with Gasteiger partial charge in [-0.15, -0.1) is 0 Å². The van der Waals surface area contributed by atoms with Crippen LogP contribution >= 0.6 is 11.3 Å². The summed E-state index contributed by atoms with van der Waals surface area (Å²) in [6.07, 6.45) is 0. The first kappa shape index (κ1) is 17.2. The van der Waals surface area contributed by atoms with Gasteiger partial charge in [-0.05, 0) is 54.3 Å². The van der Waals surface area contributed by atoms with Crippen LogP contribution in [0.15, 0.2) is 60.7 Å². The smallest absolute Gasteiger partial charge is 0.255 e. The number of fused-ring (bicyclic) bond motifs is 1. The fraction of sp³-hybridized carbons (Fsp3) is 0.0909. The van der Waals surface area contributed by atoms with E-state index in [0.29, 0.717) is 10.7 Å². The quantitative estimate of drug-likeness (QED) is 0.504. The lowest BCUT2D eigenvalue weighted by molar-refractivity contribution is 0.102. The van der Waals surface area contributed by atoms with Crippen molar-refractivity contribution in [2.75, 3.05) is 11.1 Å². The van der Waals surface area contributed by atoms with E-state index >= 15 is 0 Å². The Labute approximate surface area is 161 Å². The maximum absolute atomic E-state index is 12.8. The third-order valence-electron chi connectivity index (χ3n) is 4.63. The van der Waals surface area contributed by atoms with Gasteiger partial charge in [0.2, 0.25) is 0 Å². The first-order valence-corrected chi connectivity index (χ1v) is 9.47. The van der Waals surface area contributed by atoms with Crippen molar-refractivity contribution in [1.29, 1.82) is 0 Å². The van der Waals surface area contributed by atoms with E-state index in [4.69, 9.17) is 5.73 Å². The molecule has 0 aliphatic carbocycles. The molecule has 3 aromatic carbocycles. The summed E-state index contributed by atoms with van der Waals surface area (Å²) in [6.45, 7) is 3.96. The van der Waals surface area contributed by atoms with Crippen LogP contribution in [0.4, 0.5) is 10.8 Å². The number of amides is 1. The Hall–Kier alpha value is -3.18. The summed E-state index contributed by atoms with van der Waals surface area (Å²) in [7, 11) is 0. The second-order valence-electron chi connectivity index (χ2n) is 6.49. The van der Waals surface area contributed by atoms with E-state index in [1.807, 2.05) is 62.4 Å². The SMILES string of the molecule is Cc1cc2nc(N)sc2c(C)c1NC(=O)c1ccc(-c2ccccc2)cc1. The number of aryl methyl sites for hydroxylation is 2. The minimum atomic E-state index is -0.127. The fourth-order valence-electron chi connectivity index (χ4n) is 3.22. The molecule has 1 amide bonds. The summed E-state index contributed by atoms with van der Waals surface area (Å²) in [4.78, 5) is 17.1. The summed E-state index contributed by atoms with van der Waals surface area (Å²) < 4.78 is 1.01. The van der Waals surface area contributed by atoms with Crippen molar-refractivity contribution in [2.45, 2.75) is 13.8 Å². The van der Waals surface area contributed by atoms with Gasteiger partial charge in [0.05, 0.1) is 10.2 Å². The average Bonchev–Trinajstić information content (AvgIpc) is 3.06. The molecule has 0 unspecified atom stereocenters.